The molecule has 1 unspecified atom stereocenters. The third-order valence-electron chi connectivity index (χ3n) is 3.46. The van der Waals surface area contributed by atoms with Crippen LogP contribution in [0, 0.1) is 0 Å². The number of para-hydroxylation sites is 1. The molecule has 0 saturated carbocycles. The summed E-state index contributed by atoms with van der Waals surface area (Å²) in [6.45, 7) is 0.555. The third-order valence-corrected chi connectivity index (χ3v) is 4.68. The predicted molar refractivity (Wildman–Crippen MR) is 87.1 cm³/mol. The zero-order chi connectivity index (χ0) is 14.8. The van der Waals surface area contributed by atoms with Crippen molar-refractivity contribution in [3.8, 4) is 5.75 Å². The normalized spacial score (nSPS) is 16.8. The second-order valence-corrected chi connectivity index (χ2v) is 6.11. The highest BCUT2D eigenvalue weighted by Gasteiger charge is 2.27. The Morgan fingerprint density at radius 1 is 1.29 bits per heavy atom. The zero-order valence-electron chi connectivity index (χ0n) is 11.1. The van der Waals surface area contributed by atoms with Crippen molar-refractivity contribution in [2.75, 3.05) is 11.9 Å². The lowest BCUT2D eigenvalue weighted by molar-refractivity contribution is -0.118. The lowest BCUT2D eigenvalue weighted by atomic mass is 9.92. The summed E-state index contributed by atoms with van der Waals surface area (Å²) in [5.41, 5.74) is 1.66. The van der Waals surface area contributed by atoms with Crippen LogP contribution in [0.5, 0.6) is 5.75 Å². The van der Waals surface area contributed by atoms with Crippen LogP contribution in [-0.2, 0) is 4.79 Å². The Morgan fingerprint density at radius 3 is 2.90 bits per heavy atom. The Labute approximate surface area is 136 Å². The van der Waals surface area contributed by atoms with Crippen LogP contribution in [0.3, 0.4) is 0 Å². The Bertz CT molecular complexity index is 690. The van der Waals surface area contributed by atoms with Gasteiger partial charge in [-0.15, -0.1) is 0 Å². The van der Waals surface area contributed by atoms with Crippen LogP contribution in [0.2, 0.25) is 5.02 Å². The molecule has 2 aromatic carbocycles. The number of hydrogen-bond acceptors (Lipinski definition) is 2. The van der Waals surface area contributed by atoms with Gasteiger partial charge in [0.2, 0.25) is 5.91 Å². The van der Waals surface area contributed by atoms with Crippen molar-refractivity contribution in [2.45, 2.75) is 12.3 Å². The lowest BCUT2D eigenvalue weighted by Gasteiger charge is -2.25. The second-order valence-electron chi connectivity index (χ2n) is 4.85. The molecule has 1 aliphatic heterocycles. The minimum Gasteiger partial charge on any atom is -0.493 e. The van der Waals surface area contributed by atoms with Crippen molar-refractivity contribution in [2.24, 2.45) is 0 Å². The first-order valence-electron chi connectivity index (χ1n) is 6.63. The molecule has 3 nitrogen and oxygen atoms in total. The maximum atomic E-state index is 12.5. The second kappa shape index (κ2) is 6.08. The van der Waals surface area contributed by atoms with Crippen molar-refractivity contribution in [1.82, 2.24) is 0 Å². The summed E-state index contributed by atoms with van der Waals surface area (Å²) in [6, 6.07) is 13.0. The van der Waals surface area contributed by atoms with E-state index in [9.17, 15) is 4.79 Å². The number of carbonyl (C=O) groups is 1. The van der Waals surface area contributed by atoms with Crippen LogP contribution in [-0.4, -0.2) is 12.5 Å². The van der Waals surface area contributed by atoms with Crippen molar-refractivity contribution in [1.29, 1.82) is 0 Å². The van der Waals surface area contributed by atoms with Gasteiger partial charge in [-0.2, -0.15) is 0 Å². The fraction of sp³-hybridized carbons (Fsp3) is 0.188. The molecular formula is C16H13BrClNO2. The van der Waals surface area contributed by atoms with Gasteiger partial charge < -0.3 is 10.1 Å². The molecule has 0 saturated heterocycles. The maximum absolute atomic E-state index is 12.5. The molecule has 2 aromatic rings. The predicted octanol–water partition coefficient (Wildman–Crippen LogP) is 4.61. The van der Waals surface area contributed by atoms with E-state index in [1.165, 1.54) is 0 Å². The zero-order valence-corrected chi connectivity index (χ0v) is 13.4. The fourth-order valence-electron chi connectivity index (χ4n) is 2.42. The number of amides is 1. The number of fused-ring (bicyclic) bond motifs is 1. The lowest BCUT2D eigenvalue weighted by Crippen LogP contribution is -2.26. The number of halogens is 2. The summed E-state index contributed by atoms with van der Waals surface area (Å²) in [4.78, 5) is 12.5. The first kappa shape index (κ1) is 14.4. The summed E-state index contributed by atoms with van der Waals surface area (Å²) in [5.74, 6) is 0.575. The molecule has 5 heteroatoms. The van der Waals surface area contributed by atoms with E-state index in [0.717, 1.165) is 21.5 Å². The molecule has 1 amide bonds. The largest absolute Gasteiger partial charge is 0.493 e. The molecule has 0 fully saturated rings. The van der Waals surface area contributed by atoms with Crippen LogP contribution >= 0.6 is 27.5 Å². The molecule has 1 heterocycles. The number of anilines is 1. The van der Waals surface area contributed by atoms with Gasteiger partial charge in [0.15, 0.2) is 0 Å². The van der Waals surface area contributed by atoms with Gasteiger partial charge in [-0.05, 0) is 46.6 Å². The SMILES string of the molecule is O=C(Nc1ccc(Cl)c(Br)c1)C1CCOc2ccccc21. The maximum Gasteiger partial charge on any atom is 0.232 e. The number of rotatable bonds is 2. The number of hydrogen-bond donors (Lipinski definition) is 1. The number of ether oxygens (including phenoxy) is 1. The molecular weight excluding hydrogens is 354 g/mol. The Balaban J connectivity index is 1.81. The molecule has 0 aromatic heterocycles. The van der Waals surface area contributed by atoms with Gasteiger partial charge in [0.05, 0.1) is 17.5 Å². The molecule has 3 rings (SSSR count). The topological polar surface area (TPSA) is 38.3 Å². The molecule has 1 atom stereocenters. The van der Waals surface area contributed by atoms with Gasteiger partial charge in [0.25, 0.3) is 0 Å². The van der Waals surface area contributed by atoms with Crippen LogP contribution < -0.4 is 10.1 Å². The molecule has 0 spiro atoms. The van der Waals surface area contributed by atoms with E-state index in [0.29, 0.717) is 18.1 Å². The molecule has 21 heavy (non-hydrogen) atoms. The summed E-state index contributed by atoms with van der Waals surface area (Å²) in [5, 5.41) is 3.55. The molecule has 0 aliphatic carbocycles. The van der Waals surface area contributed by atoms with Gasteiger partial charge in [0, 0.05) is 15.7 Å². The average molecular weight is 367 g/mol. The van der Waals surface area contributed by atoms with Gasteiger partial charge in [-0.1, -0.05) is 29.8 Å². The van der Waals surface area contributed by atoms with Crippen molar-refractivity contribution >= 4 is 39.1 Å². The highest BCUT2D eigenvalue weighted by atomic mass is 79.9. The van der Waals surface area contributed by atoms with Gasteiger partial charge in [-0.3, -0.25) is 4.79 Å². The molecule has 0 bridgehead atoms. The number of nitrogens with one attached hydrogen (secondary N) is 1. The summed E-state index contributed by atoms with van der Waals surface area (Å²) in [7, 11) is 0. The first-order valence-corrected chi connectivity index (χ1v) is 7.80. The molecule has 1 N–H and O–H groups in total. The van der Waals surface area contributed by atoms with E-state index in [1.54, 1.807) is 18.2 Å². The summed E-state index contributed by atoms with van der Waals surface area (Å²) < 4.78 is 6.34. The van der Waals surface area contributed by atoms with Gasteiger partial charge in [-0.25, -0.2) is 0 Å². The van der Waals surface area contributed by atoms with E-state index >= 15 is 0 Å². The highest BCUT2D eigenvalue weighted by Crippen LogP contribution is 2.34. The fourth-order valence-corrected chi connectivity index (χ4v) is 2.91. The van der Waals surface area contributed by atoms with Crippen molar-refractivity contribution in [3.63, 3.8) is 0 Å². The third kappa shape index (κ3) is 3.06. The van der Waals surface area contributed by atoms with E-state index < -0.39 is 0 Å². The van der Waals surface area contributed by atoms with Crippen LogP contribution in [0.1, 0.15) is 17.9 Å². The minimum absolute atomic E-state index is 0.0278. The van der Waals surface area contributed by atoms with Crippen LogP contribution in [0.15, 0.2) is 46.9 Å². The van der Waals surface area contributed by atoms with Gasteiger partial charge >= 0.3 is 0 Å². The van der Waals surface area contributed by atoms with Crippen LogP contribution in [0.25, 0.3) is 0 Å². The van der Waals surface area contributed by atoms with E-state index in [-0.39, 0.29) is 11.8 Å². The summed E-state index contributed by atoms with van der Waals surface area (Å²) >= 11 is 9.31. The molecule has 1 aliphatic rings. The highest BCUT2D eigenvalue weighted by molar-refractivity contribution is 9.10. The average Bonchev–Trinajstić information content (AvgIpc) is 2.50. The van der Waals surface area contributed by atoms with Crippen LogP contribution in [0.4, 0.5) is 5.69 Å². The monoisotopic (exact) mass is 365 g/mol. The Hall–Kier alpha value is -1.52. The first-order chi connectivity index (χ1) is 10.1. The van der Waals surface area contributed by atoms with E-state index in [1.807, 2.05) is 24.3 Å². The standard InChI is InChI=1S/C16H13BrClNO2/c17-13-9-10(5-6-14(13)18)19-16(20)12-7-8-21-15-4-2-1-3-11(12)15/h1-6,9,12H,7-8H2,(H,19,20). The Kier molecular flexibility index (Phi) is 4.17. The van der Waals surface area contributed by atoms with E-state index in [2.05, 4.69) is 21.2 Å². The molecule has 108 valence electrons. The van der Waals surface area contributed by atoms with Crippen molar-refractivity contribution in [3.05, 3.63) is 57.5 Å². The Morgan fingerprint density at radius 2 is 2.10 bits per heavy atom. The number of benzene rings is 2. The number of carbonyl (C=O) groups excluding carboxylic acids is 1. The molecule has 0 radical (unpaired) electrons. The van der Waals surface area contributed by atoms with E-state index in [4.69, 9.17) is 16.3 Å². The quantitative estimate of drug-likeness (QED) is 0.843. The smallest absolute Gasteiger partial charge is 0.232 e. The van der Waals surface area contributed by atoms with Crippen molar-refractivity contribution < 1.29 is 9.53 Å². The minimum atomic E-state index is -0.190. The summed E-state index contributed by atoms with van der Waals surface area (Å²) in [6.07, 6.45) is 0.678. The van der Waals surface area contributed by atoms with Gasteiger partial charge in [0.1, 0.15) is 5.75 Å².